The van der Waals surface area contributed by atoms with E-state index in [-0.39, 0.29) is 0 Å². The number of halogens is 1. The average molecular weight is 306 g/mol. The topological polar surface area (TPSA) is 69.6 Å². The van der Waals surface area contributed by atoms with Crippen LogP contribution in [-0.4, -0.2) is 20.2 Å². The van der Waals surface area contributed by atoms with Crippen LogP contribution in [0.15, 0.2) is 18.2 Å². The van der Waals surface area contributed by atoms with Crippen molar-refractivity contribution in [3.05, 3.63) is 23.2 Å². The molecule has 1 aromatic carbocycles. The van der Waals surface area contributed by atoms with Crippen molar-refractivity contribution in [2.45, 2.75) is 51.0 Å². The molecule has 0 aliphatic heterocycles. The molecule has 1 heterocycles. The largest absolute Gasteiger partial charge is 0.398 e. The van der Waals surface area contributed by atoms with Crippen molar-refractivity contribution in [3.8, 4) is 11.4 Å². The van der Waals surface area contributed by atoms with Gasteiger partial charge in [-0.25, -0.2) is 4.68 Å². The second kappa shape index (κ2) is 6.43. The number of nitrogen functional groups attached to an aromatic ring is 1. The minimum atomic E-state index is 0.381. The molecule has 1 aliphatic carbocycles. The molecule has 3 rings (SSSR count). The summed E-state index contributed by atoms with van der Waals surface area (Å²) >= 11 is 6.11. The number of tetrazole rings is 1. The van der Waals surface area contributed by atoms with Crippen LogP contribution >= 0.6 is 11.6 Å². The summed E-state index contributed by atoms with van der Waals surface area (Å²) in [6.45, 7) is 0. The van der Waals surface area contributed by atoms with Crippen LogP contribution in [0.2, 0.25) is 5.02 Å². The highest BCUT2D eigenvalue weighted by molar-refractivity contribution is 6.33. The maximum Gasteiger partial charge on any atom is 0.182 e. The predicted molar refractivity (Wildman–Crippen MR) is 84.0 cm³/mol. The molecule has 1 aliphatic rings. The number of anilines is 1. The Morgan fingerprint density at radius 3 is 2.52 bits per heavy atom. The van der Waals surface area contributed by atoms with Crippen molar-refractivity contribution in [2.24, 2.45) is 0 Å². The molecule has 0 saturated heterocycles. The first-order valence-corrected chi connectivity index (χ1v) is 7.97. The molecule has 112 valence electrons. The number of rotatable bonds is 2. The third-order valence-electron chi connectivity index (χ3n) is 4.17. The molecular weight excluding hydrogens is 286 g/mol. The van der Waals surface area contributed by atoms with Crippen molar-refractivity contribution in [1.82, 2.24) is 20.2 Å². The van der Waals surface area contributed by atoms with Crippen molar-refractivity contribution >= 4 is 17.3 Å². The number of benzene rings is 1. The molecule has 0 radical (unpaired) electrons. The molecule has 0 atom stereocenters. The molecule has 1 fully saturated rings. The van der Waals surface area contributed by atoms with E-state index in [1.165, 1.54) is 32.1 Å². The number of hydrogen-bond donors (Lipinski definition) is 1. The van der Waals surface area contributed by atoms with E-state index >= 15 is 0 Å². The van der Waals surface area contributed by atoms with Gasteiger partial charge in [0.2, 0.25) is 0 Å². The summed E-state index contributed by atoms with van der Waals surface area (Å²) in [4.78, 5) is 0. The van der Waals surface area contributed by atoms with Crippen LogP contribution in [0, 0.1) is 0 Å². The molecule has 0 amide bonds. The Labute approximate surface area is 129 Å². The zero-order chi connectivity index (χ0) is 14.7. The van der Waals surface area contributed by atoms with Crippen LogP contribution in [0.1, 0.15) is 51.0 Å². The smallest absolute Gasteiger partial charge is 0.182 e. The Hall–Kier alpha value is -1.62. The van der Waals surface area contributed by atoms with Gasteiger partial charge in [0.1, 0.15) is 0 Å². The third kappa shape index (κ3) is 3.18. The Morgan fingerprint density at radius 2 is 1.81 bits per heavy atom. The molecule has 2 N–H and O–H groups in total. The first kappa shape index (κ1) is 14.3. The molecule has 0 unspecified atom stereocenters. The van der Waals surface area contributed by atoms with E-state index < -0.39 is 0 Å². The van der Waals surface area contributed by atoms with Crippen LogP contribution in [0.3, 0.4) is 0 Å². The van der Waals surface area contributed by atoms with Gasteiger partial charge in [0.15, 0.2) is 5.82 Å². The molecule has 0 bridgehead atoms. The average Bonchev–Trinajstić information content (AvgIpc) is 2.91. The van der Waals surface area contributed by atoms with Gasteiger partial charge in [-0.2, -0.15) is 0 Å². The van der Waals surface area contributed by atoms with E-state index in [4.69, 9.17) is 17.3 Å². The summed E-state index contributed by atoms with van der Waals surface area (Å²) in [5.74, 6) is 0.780. The highest BCUT2D eigenvalue weighted by atomic mass is 35.5. The number of hydrogen-bond acceptors (Lipinski definition) is 4. The van der Waals surface area contributed by atoms with Gasteiger partial charge in [-0.05, 0) is 41.5 Å². The molecule has 5 nitrogen and oxygen atoms in total. The quantitative estimate of drug-likeness (QED) is 0.855. The number of aromatic nitrogens is 4. The summed E-state index contributed by atoms with van der Waals surface area (Å²) in [6, 6.07) is 5.94. The highest BCUT2D eigenvalue weighted by Gasteiger charge is 2.19. The Bertz CT molecular complexity index is 602. The molecule has 6 heteroatoms. The normalized spacial score (nSPS) is 17.4. The summed E-state index contributed by atoms with van der Waals surface area (Å²) in [7, 11) is 0. The Balaban J connectivity index is 1.90. The van der Waals surface area contributed by atoms with E-state index in [2.05, 4.69) is 15.5 Å². The van der Waals surface area contributed by atoms with Gasteiger partial charge >= 0.3 is 0 Å². The first-order valence-electron chi connectivity index (χ1n) is 7.59. The monoisotopic (exact) mass is 305 g/mol. The predicted octanol–water partition coefficient (Wildman–Crippen LogP) is 3.86. The van der Waals surface area contributed by atoms with Crippen LogP contribution in [0.5, 0.6) is 0 Å². The molecule has 1 saturated carbocycles. The van der Waals surface area contributed by atoms with Crippen LogP contribution < -0.4 is 5.73 Å². The molecule has 21 heavy (non-hydrogen) atoms. The lowest BCUT2D eigenvalue weighted by Crippen LogP contribution is -2.14. The van der Waals surface area contributed by atoms with Crippen LogP contribution in [0.4, 0.5) is 5.69 Å². The van der Waals surface area contributed by atoms with Crippen molar-refractivity contribution in [2.75, 3.05) is 5.73 Å². The molecular formula is C15H20ClN5. The van der Waals surface area contributed by atoms with Gasteiger partial charge in [0.25, 0.3) is 0 Å². The maximum atomic E-state index is 6.11. The first-order chi connectivity index (χ1) is 10.3. The Morgan fingerprint density at radius 1 is 1.10 bits per heavy atom. The van der Waals surface area contributed by atoms with E-state index in [1.54, 1.807) is 6.07 Å². The van der Waals surface area contributed by atoms with Crippen LogP contribution in [-0.2, 0) is 0 Å². The van der Waals surface area contributed by atoms with Crippen LogP contribution in [0.25, 0.3) is 11.4 Å². The van der Waals surface area contributed by atoms with Gasteiger partial charge < -0.3 is 5.73 Å². The summed E-state index contributed by atoms with van der Waals surface area (Å²) in [5, 5.41) is 12.8. The van der Waals surface area contributed by atoms with E-state index in [0.717, 1.165) is 24.2 Å². The molecule has 2 aromatic rings. The third-order valence-corrected chi connectivity index (χ3v) is 4.50. The van der Waals surface area contributed by atoms with E-state index in [0.29, 0.717) is 16.8 Å². The lowest BCUT2D eigenvalue weighted by molar-refractivity contribution is 0.345. The summed E-state index contributed by atoms with van der Waals surface area (Å²) in [5.41, 5.74) is 7.26. The van der Waals surface area contributed by atoms with Gasteiger partial charge in [-0.1, -0.05) is 43.7 Å². The van der Waals surface area contributed by atoms with Gasteiger partial charge in [-0.3, -0.25) is 0 Å². The number of nitrogens with zero attached hydrogens (tertiary/aromatic N) is 4. The lowest BCUT2D eigenvalue weighted by Gasteiger charge is -2.20. The fourth-order valence-electron chi connectivity index (χ4n) is 2.97. The lowest BCUT2D eigenvalue weighted by atomic mass is 9.96. The van der Waals surface area contributed by atoms with Crippen molar-refractivity contribution in [1.29, 1.82) is 0 Å². The SMILES string of the molecule is Nc1ccc(-c2nnnn2C2CCCCCCC2)cc1Cl. The summed E-state index contributed by atoms with van der Waals surface area (Å²) < 4.78 is 1.97. The standard InChI is InChI=1S/C15H20ClN5/c16-13-10-11(8-9-14(13)17)15-18-19-20-21(15)12-6-4-2-1-3-5-7-12/h8-10,12H,1-7,17H2. The highest BCUT2D eigenvalue weighted by Crippen LogP contribution is 2.31. The molecule has 0 spiro atoms. The van der Waals surface area contributed by atoms with E-state index in [1.807, 2.05) is 16.8 Å². The zero-order valence-corrected chi connectivity index (χ0v) is 12.8. The second-order valence-electron chi connectivity index (χ2n) is 5.68. The number of nitrogens with two attached hydrogens (primary N) is 1. The van der Waals surface area contributed by atoms with Crippen molar-refractivity contribution < 1.29 is 0 Å². The maximum absolute atomic E-state index is 6.11. The Kier molecular flexibility index (Phi) is 4.39. The minimum absolute atomic E-state index is 0.381. The van der Waals surface area contributed by atoms with E-state index in [9.17, 15) is 0 Å². The summed E-state index contributed by atoms with van der Waals surface area (Å²) in [6.07, 6.45) is 8.73. The van der Waals surface area contributed by atoms with Gasteiger partial charge in [0, 0.05) is 5.56 Å². The fraction of sp³-hybridized carbons (Fsp3) is 0.533. The van der Waals surface area contributed by atoms with Gasteiger partial charge in [0.05, 0.1) is 16.8 Å². The van der Waals surface area contributed by atoms with Gasteiger partial charge in [-0.15, -0.1) is 5.10 Å². The second-order valence-corrected chi connectivity index (χ2v) is 6.09. The zero-order valence-electron chi connectivity index (χ0n) is 12.0. The minimum Gasteiger partial charge on any atom is -0.398 e. The molecule has 1 aromatic heterocycles. The van der Waals surface area contributed by atoms with Crippen molar-refractivity contribution in [3.63, 3.8) is 0 Å². The fourth-order valence-corrected chi connectivity index (χ4v) is 3.16.